The number of fused-ring (bicyclic) bond motifs is 3. The van der Waals surface area contributed by atoms with E-state index in [0.29, 0.717) is 40.0 Å². The van der Waals surface area contributed by atoms with Gasteiger partial charge in [0.25, 0.3) is 5.91 Å². The molecule has 1 amide bonds. The first-order valence-electron chi connectivity index (χ1n) is 9.58. The van der Waals surface area contributed by atoms with Crippen LogP contribution in [0, 0.1) is 13.8 Å². The molecule has 4 rings (SSSR count). The van der Waals surface area contributed by atoms with Crippen LogP contribution in [0.1, 0.15) is 58.7 Å². The highest BCUT2D eigenvalue weighted by Gasteiger charge is 2.37. The molecule has 3 aromatic rings. The Labute approximate surface area is 177 Å². The first-order chi connectivity index (χ1) is 13.7. The zero-order chi connectivity index (χ0) is 20.9. The number of furan rings is 1. The topological polar surface area (TPSA) is 68.5 Å². The molecule has 1 atom stereocenters. The highest BCUT2D eigenvalue weighted by molar-refractivity contribution is 9.10. The lowest BCUT2D eigenvalue weighted by Crippen LogP contribution is -2.38. The Bertz CT molecular complexity index is 1160. The van der Waals surface area contributed by atoms with E-state index in [9.17, 15) is 9.59 Å². The minimum Gasteiger partial charge on any atom is -0.486 e. The van der Waals surface area contributed by atoms with Gasteiger partial charge in [-0.1, -0.05) is 22.9 Å². The summed E-state index contributed by atoms with van der Waals surface area (Å²) in [5.41, 5.74) is 2.84. The van der Waals surface area contributed by atoms with E-state index in [1.165, 1.54) is 0 Å². The van der Waals surface area contributed by atoms with Gasteiger partial charge in [0.05, 0.1) is 12.0 Å². The van der Waals surface area contributed by atoms with Crippen LogP contribution >= 0.6 is 15.9 Å². The molecule has 0 radical (unpaired) electrons. The van der Waals surface area contributed by atoms with Crippen LogP contribution in [0.15, 0.2) is 39.2 Å². The molecule has 6 heteroatoms. The maximum absolute atomic E-state index is 12.9. The summed E-state index contributed by atoms with van der Waals surface area (Å²) in [5, 5.41) is 3.53. The summed E-state index contributed by atoms with van der Waals surface area (Å²) in [4.78, 5) is 25.8. The number of anilines is 1. The van der Waals surface area contributed by atoms with Crippen molar-refractivity contribution >= 4 is 44.3 Å². The Morgan fingerprint density at radius 3 is 2.69 bits per heavy atom. The van der Waals surface area contributed by atoms with E-state index < -0.39 is 5.60 Å². The smallest absolute Gasteiger partial charge is 0.291 e. The molecule has 2 aromatic carbocycles. The number of ether oxygens (including phenoxy) is 1. The van der Waals surface area contributed by atoms with Crippen molar-refractivity contribution in [2.75, 3.05) is 5.32 Å². The molecule has 1 N–H and O–H groups in total. The largest absolute Gasteiger partial charge is 0.486 e. The second kappa shape index (κ2) is 7.02. The molecule has 1 aliphatic heterocycles. The van der Waals surface area contributed by atoms with Gasteiger partial charge in [-0.15, -0.1) is 0 Å². The van der Waals surface area contributed by atoms with Crippen LogP contribution < -0.4 is 10.1 Å². The predicted molar refractivity (Wildman–Crippen MR) is 116 cm³/mol. The van der Waals surface area contributed by atoms with Crippen molar-refractivity contribution < 1.29 is 18.7 Å². The fraction of sp³-hybridized carbons (Fsp3) is 0.304. The molecule has 1 aromatic heterocycles. The van der Waals surface area contributed by atoms with Crippen molar-refractivity contribution in [3.05, 3.63) is 57.3 Å². The zero-order valence-corrected chi connectivity index (χ0v) is 18.4. The molecule has 5 nitrogen and oxygen atoms in total. The number of benzene rings is 2. The van der Waals surface area contributed by atoms with Crippen molar-refractivity contribution in [2.45, 2.75) is 46.1 Å². The van der Waals surface area contributed by atoms with Gasteiger partial charge in [0.1, 0.15) is 16.9 Å². The van der Waals surface area contributed by atoms with Gasteiger partial charge in [0, 0.05) is 21.1 Å². The monoisotopic (exact) mass is 455 g/mol. The number of rotatable bonds is 3. The number of halogens is 1. The van der Waals surface area contributed by atoms with Gasteiger partial charge < -0.3 is 14.5 Å². The summed E-state index contributed by atoms with van der Waals surface area (Å²) < 4.78 is 12.9. The van der Waals surface area contributed by atoms with E-state index in [1.807, 2.05) is 39.0 Å². The lowest BCUT2D eigenvalue weighted by atomic mass is 9.87. The van der Waals surface area contributed by atoms with Crippen LogP contribution in [0.5, 0.6) is 5.75 Å². The van der Waals surface area contributed by atoms with Gasteiger partial charge in [0.2, 0.25) is 0 Å². The number of ketones is 1. The summed E-state index contributed by atoms with van der Waals surface area (Å²) in [6.07, 6.45) is 1.04. The van der Waals surface area contributed by atoms with Crippen molar-refractivity contribution in [3.63, 3.8) is 0 Å². The lowest BCUT2D eigenvalue weighted by Gasteiger charge is -2.34. The summed E-state index contributed by atoms with van der Waals surface area (Å²) >= 11 is 3.45. The third-order valence-electron chi connectivity index (χ3n) is 5.60. The van der Waals surface area contributed by atoms with Crippen molar-refractivity contribution in [1.82, 2.24) is 0 Å². The van der Waals surface area contributed by atoms with E-state index in [1.54, 1.807) is 19.1 Å². The Morgan fingerprint density at radius 2 is 2.00 bits per heavy atom. The number of carbonyl (C=O) groups is 2. The fourth-order valence-electron chi connectivity index (χ4n) is 3.74. The lowest BCUT2D eigenvalue weighted by molar-refractivity contribution is 0.0503. The molecule has 1 aliphatic rings. The molecule has 0 saturated carbocycles. The standard InChI is InChI=1S/C23H22BrNO4/c1-5-23(4)11-16(26)20-18(29-23)9-8-17-19(20)13(3)21(28-17)22(27)25-14-6-7-15(24)12(2)10-14/h6-10H,5,11H2,1-4H3,(H,25,27)/t23-/m1/s1. The second-order valence-corrected chi connectivity index (χ2v) is 8.65. The van der Waals surface area contributed by atoms with Crippen LogP contribution in [0.2, 0.25) is 0 Å². The van der Waals surface area contributed by atoms with Crippen molar-refractivity contribution in [3.8, 4) is 5.75 Å². The van der Waals surface area contributed by atoms with Gasteiger partial charge in [-0.2, -0.15) is 0 Å². The SMILES string of the molecule is CC[C@]1(C)CC(=O)c2c(ccc3oc(C(=O)Nc4ccc(Br)c(C)c4)c(C)c23)O1. The number of aryl methyl sites for hydroxylation is 2. The van der Waals surface area contributed by atoms with E-state index in [2.05, 4.69) is 21.2 Å². The molecule has 0 saturated heterocycles. The van der Waals surface area contributed by atoms with Gasteiger partial charge in [-0.05, 0) is 63.1 Å². The number of amides is 1. The first-order valence-corrected chi connectivity index (χ1v) is 10.4. The third kappa shape index (κ3) is 3.35. The normalized spacial score (nSPS) is 18.4. The van der Waals surface area contributed by atoms with E-state index in [0.717, 1.165) is 16.5 Å². The molecule has 0 unspecified atom stereocenters. The molecular formula is C23H22BrNO4. The molecule has 2 heterocycles. The van der Waals surface area contributed by atoms with E-state index >= 15 is 0 Å². The number of hydrogen-bond acceptors (Lipinski definition) is 4. The van der Waals surface area contributed by atoms with Gasteiger partial charge >= 0.3 is 0 Å². The molecular weight excluding hydrogens is 434 g/mol. The fourth-order valence-corrected chi connectivity index (χ4v) is 3.98. The van der Waals surface area contributed by atoms with Crippen LogP contribution in [0.25, 0.3) is 11.0 Å². The van der Waals surface area contributed by atoms with Crippen LogP contribution in [-0.2, 0) is 0 Å². The molecule has 0 fully saturated rings. The minimum atomic E-state index is -0.505. The molecule has 0 bridgehead atoms. The number of carbonyl (C=O) groups excluding carboxylic acids is 2. The van der Waals surface area contributed by atoms with Crippen LogP contribution in [0.3, 0.4) is 0 Å². The van der Waals surface area contributed by atoms with E-state index in [-0.39, 0.29) is 17.5 Å². The van der Waals surface area contributed by atoms with Crippen molar-refractivity contribution in [2.24, 2.45) is 0 Å². The Kier molecular flexibility index (Phi) is 4.77. The van der Waals surface area contributed by atoms with Gasteiger partial charge in [-0.3, -0.25) is 9.59 Å². The molecule has 0 aliphatic carbocycles. The minimum absolute atomic E-state index is 0.0144. The third-order valence-corrected chi connectivity index (χ3v) is 6.49. The van der Waals surface area contributed by atoms with Crippen LogP contribution in [0.4, 0.5) is 5.69 Å². The molecule has 29 heavy (non-hydrogen) atoms. The average molecular weight is 456 g/mol. The summed E-state index contributed by atoms with van der Waals surface area (Å²) in [6, 6.07) is 9.10. The van der Waals surface area contributed by atoms with Crippen LogP contribution in [-0.4, -0.2) is 17.3 Å². The highest BCUT2D eigenvalue weighted by atomic mass is 79.9. The first kappa shape index (κ1) is 19.7. The Hall–Kier alpha value is -2.60. The molecule has 150 valence electrons. The zero-order valence-electron chi connectivity index (χ0n) is 16.8. The Morgan fingerprint density at radius 1 is 1.24 bits per heavy atom. The summed E-state index contributed by atoms with van der Waals surface area (Å²) in [7, 11) is 0. The van der Waals surface area contributed by atoms with E-state index in [4.69, 9.17) is 9.15 Å². The summed E-state index contributed by atoms with van der Waals surface area (Å²) in [5.74, 6) is 0.417. The van der Waals surface area contributed by atoms with Gasteiger partial charge in [-0.25, -0.2) is 0 Å². The summed E-state index contributed by atoms with van der Waals surface area (Å²) in [6.45, 7) is 7.70. The number of Topliss-reactive ketones (excluding diaryl/α,β-unsaturated/α-hetero) is 1. The second-order valence-electron chi connectivity index (χ2n) is 7.79. The van der Waals surface area contributed by atoms with Gasteiger partial charge in [0.15, 0.2) is 11.5 Å². The quantitative estimate of drug-likeness (QED) is 0.510. The number of nitrogens with one attached hydrogen (secondary N) is 1. The van der Waals surface area contributed by atoms with Crippen molar-refractivity contribution in [1.29, 1.82) is 0 Å². The maximum Gasteiger partial charge on any atom is 0.291 e. The highest BCUT2D eigenvalue weighted by Crippen LogP contribution is 2.41. The predicted octanol–water partition coefficient (Wildman–Crippen LogP) is 6.20. The Balaban J connectivity index is 1.75. The maximum atomic E-state index is 12.9. The number of hydrogen-bond donors (Lipinski definition) is 1. The molecule has 0 spiro atoms. The average Bonchev–Trinajstić information content (AvgIpc) is 3.01.